The first kappa shape index (κ1) is 17.0. The topological polar surface area (TPSA) is 84.9 Å². The monoisotopic (exact) mass is 341 g/mol. The third-order valence-electron chi connectivity index (χ3n) is 4.21. The van der Waals surface area contributed by atoms with Gasteiger partial charge in [0.2, 0.25) is 0 Å². The summed E-state index contributed by atoms with van der Waals surface area (Å²) in [6.07, 6.45) is -0.0640. The number of ether oxygens (including phenoxy) is 2. The van der Waals surface area contributed by atoms with E-state index in [1.165, 1.54) is 7.11 Å². The summed E-state index contributed by atoms with van der Waals surface area (Å²) in [6, 6.07) is 12.9. The zero-order valence-corrected chi connectivity index (χ0v) is 13.8. The Balaban J connectivity index is 1.81. The average Bonchev–Trinajstić information content (AvgIpc) is 2.65. The summed E-state index contributed by atoms with van der Waals surface area (Å²) in [5, 5.41) is 12.1. The fourth-order valence-electron chi connectivity index (χ4n) is 2.91. The Hall–Kier alpha value is -2.86. The van der Waals surface area contributed by atoms with Crippen LogP contribution in [0.15, 0.2) is 48.5 Å². The van der Waals surface area contributed by atoms with Crippen LogP contribution in [0.3, 0.4) is 0 Å². The van der Waals surface area contributed by atoms with Crippen molar-refractivity contribution in [2.75, 3.05) is 13.7 Å². The van der Waals surface area contributed by atoms with Crippen molar-refractivity contribution in [3.63, 3.8) is 0 Å². The number of benzene rings is 2. The van der Waals surface area contributed by atoms with E-state index < -0.39 is 24.0 Å². The van der Waals surface area contributed by atoms with Crippen molar-refractivity contribution < 1.29 is 24.2 Å². The summed E-state index contributed by atoms with van der Waals surface area (Å²) in [4.78, 5) is 24.3. The van der Waals surface area contributed by atoms with E-state index in [0.717, 1.165) is 17.5 Å². The highest BCUT2D eigenvalue weighted by atomic mass is 16.5. The molecule has 0 unspecified atom stereocenters. The molecular weight excluding hydrogens is 322 g/mol. The van der Waals surface area contributed by atoms with Gasteiger partial charge in [0.25, 0.3) is 5.91 Å². The van der Waals surface area contributed by atoms with Crippen LogP contribution in [0.4, 0.5) is 0 Å². The third-order valence-corrected chi connectivity index (χ3v) is 4.21. The number of fused-ring (bicyclic) bond motifs is 1. The Morgan fingerprint density at radius 3 is 2.60 bits per heavy atom. The van der Waals surface area contributed by atoms with Crippen molar-refractivity contribution in [1.29, 1.82) is 0 Å². The van der Waals surface area contributed by atoms with Gasteiger partial charge in [0.1, 0.15) is 5.75 Å². The molecule has 6 nitrogen and oxygen atoms in total. The Bertz CT molecular complexity index is 772. The summed E-state index contributed by atoms with van der Waals surface area (Å²) < 4.78 is 10.7. The molecule has 2 aromatic carbocycles. The molecule has 6 heteroatoms. The lowest BCUT2D eigenvalue weighted by molar-refractivity contribution is -0.145. The number of carbonyl (C=O) groups excluding carboxylic acids is 1. The van der Waals surface area contributed by atoms with Gasteiger partial charge in [-0.05, 0) is 35.2 Å². The maximum atomic E-state index is 12.6. The lowest BCUT2D eigenvalue weighted by Crippen LogP contribution is -2.39. The van der Waals surface area contributed by atoms with Crippen molar-refractivity contribution in [1.82, 2.24) is 5.32 Å². The highest BCUT2D eigenvalue weighted by Crippen LogP contribution is 2.28. The first-order chi connectivity index (χ1) is 12.1. The van der Waals surface area contributed by atoms with E-state index in [-0.39, 0.29) is 0 Å². The molecule has 1 aliphatic heterocycles. The summed E-state index contributed by atoms with van der Waals surface area (Å²) in [6.45, 7) is 0.426. The van der Waals surface area contributed by atoms with E-state index in [9.17, 15) is 14.7 Å². The van der Waals surface area contributed by atoms with Gasteiger partial charge >= 0.3 is 5.97 Å². The molecule has 0 saturated heterocycles. The first-order valence-electron chi connectivity index (χ1n) is 7.96. The van der Waals surface area contributed by atoms with Gasteiger partial charge in [0.05, 0.1) is 13.7 Å². The molecule has 0 saturated carbocycles. The highest BCUT2D eigenvalue weighted by molar-refractivity contribution is 5.88. The maximum Gasteiger partial charge on any atom is 0.330 e. The second kappa shape index (κ2) is 7.36. The van der Waals surface area contributed by atoms with Crippen molar-refractivity contribution in [3.05, 3.63) is 65.2 Å². The number of methoxy groups -OCH3 is 1. The molecular formula is C19H19NO5. The molecule has 0 spiro atoms. The smallest absolute Gasteiger partial charge is 0.330 e. The number of carboxylic acid groups (broad SMARTS) is 1. The van der Waals surface area contributed by atoms with Crippen LogP contribution < -0.4 is 10.1 Å². The summed E-state index contributed by atoms with van der Waals surface area (Å²) in [5.41, 5.74) is 2.29. The molecule has 0 aromatic heterocycles. The molecule has 0 aliphatic carbocycles. The van der Waals surface area contributed by atoms with Gasteiger partial charge in [0, 0.05) is 0 Å². The zero-order valence-electron chi connectivity index (χ0n) is 13.8. The van der Waals surface area contributed by atoms with Gasteiger partial charge < -0.3 is 19.9 Å². The van der Waals surface area contributed by atoms with E-state index in [1.807, 2.05) is 24.3 Å². The number of nitrogens with one attached hydrogen (secondary N) is 1. The van der Waals surface area contributed by atoms with Crippen LogP contribution >= 0.6 is 0 Å². The Labute approximate surface area is 145 Å². The highest BCUT2D eigenvalue weighted by Gasteiger charge is 2.31. The van der Waals surface area contributed by atoms with Crippen molar-refractivity contribution in [2.45, 2.75) is 18.6 Å². The van der Waals surface area contributed by atoms with Crippen LogP contribution in [0, 0.1) is 0 Å². The molecule has 2 aromatic rings. The van der Waals surface area contributed by atoms with Gasteiger partial charge in [-0.15, -0.1) is 0 Å². The summed E-state index contributed by atoms with van der Waals surface area (Å²) in [5.74, 6) is -0.985. The quantitative estimate of drug-likeness (QED) is 0.871. The van der Waals surface area contributed by atoms with Crippen LogP contribution in [0.1, 0.15) is 28.8 Å². The number of aliphatic carboxylic acids is 1. The Morgan fingerprint density at radius 1 is 1.20 bits per heavy atom. The molecule has 0 radical (unpaired) electrons. The first-order valence-corrected chi connectivity index (χ1v) is 7.96. The maximum absolute atomic E-state index is 12.6. The van der Waals surface area contributed by atoms with Crippen molar-refractivity contribution in [2.24, 2.45) is 0 Å². The lowest BCUT2D eigenvalue weighted by Gasteiger charge is -2.26. The summed E-state index contributed by atoms with van der Waals surface area (Å²) in [7, 11) is 1.53. The predicted molar refractivity (Wildman–Crippen MR) is 90.4 cm³/mol. The van der Waals surface area contributed by atoms with Gasteiger partial charge in [0.15, 0.2) is 12.1 Å². The van der Waals surface area contributed by atoms with Crippen LogP contribution in [0.2, 0.25) is 0 Å². The molecule has 3 rings (SSSR count). The minimum absolute atomic E-state index is 0.426. The summed E-state index contributed by atoms with van der Waals surface area (Å²) >= 11 is 0. The fraction of sp³-hybridized carbons (Fsp3) is 0.263. The van der Waals surface area contributed by atoms with E-state index in [1.54, 1.807) is 24.3 Å². The molecule has 1 aliphatic rings. The second-order valence-corrected chi connectivity index (χ2v) is 5.75. The zero-order chi connectivity index (χ0) is 17.8. The number of hydrogen-bond acceptors (Lipinski definition) is 4. The van der Waals surface area contributed by atoms with Gasteiger partial charge in [-0.2, -0.15) is 0 Å². The SMILES string of the molecule is COc1ccc([C@@H](NC(=O)[C@@H]2OCCc3ccccc32)C(=O)O)cc1. The number of amides is 1. The molecule has 25 heavy (non-hydrogen) atoms. The molecule has 2 N–H and O–H groups in total. The Morgan fingerprint density at radius 2 is 1.92 bits per heavy atom. The molecule has 1 amide bonds. The lowest BCUT2D eigenvalue weighted by atomic mass is 9.96. The van der Waals surface area contributed by atoms with E-state index in [0.29, 0.717) is 17.9 Å². The molecule has 1 heterocycles. The van der Waals surface area contributed by atoms with Crippen LogP contribution in [-0.4, -0.2) is 30.7 Å². The van der Waals surface area contributed by atoms with Gasteiger partial charge in [-0.1, -0.05) is 36.4 Å². The molecule has 130 valence electrons. The average molecular weight is 341 g/mol. The predicted octanol–water partition coefficient (Wildman–Crippen LogP) is 2.25. The largest absolute Gasteiger partial charge is 0.497 e. The van der Waals surface area contributed by atoms with E-state index >= 15 is 0 Å². The minimum atomic E-state index is -1.16. The van der Waals surface area contributed by atoms with E-state index in [4.69, 9.17) is 9.47 Å². The number of carboxylic acids is 1. The van der Waals surface area contributed by atoms with Crippen molar-refractivity contribution >= 4 is 11.9 Å². The fourth-order valence-corrected chi connectivity index (χ4v) is 2.91. The molecule has 0 fully saturated rings. The molecule has 0 bridgehead atoms. The normalized spacial score (nSPS) is 17.2. The van der Waals surface area contributed by atoms with Crippen LogP contribution in [0.25, 0.3) is 0 Å². The van der Waals surface area contributed by atoms with Crippen molar-refractivity contribution in [3.8, 4) is 5.75 Å². The second-order valence-electron chi connectivity index (χ2n) is 5.75. The van der Waals surface area contributed by atoms with Crippen LogP contribution in [0.5, 0.6) is 5.75 Å². The standard InChI is InChI=1S/C19H19NO5/c1-24-14-8-6-13(7-9-14)16(19(22)23)20-18(21)17-15-5-3-2-4-12(15)10-11-25-17/h2-9,16-17H,10-11H2,1H3,(H,20,21)(H,22,23)/t16-,17-/m1/s1. The van der Waals surface area contributed by atoms with Gasteiger partial charge in [-0.25, -0.2) is 4.79 Å². The number of rotatable bonds is 5. The molecule has 2 atom stereocenters. The Kier molecular flexibility index (Phi) is 5.00. The van der Waals surface area contributed by atoms with Crippen LogP contribution in [-0.2, 0) is 20.7 Å². The number of hydrogen-bond donors (Lipinski definition) is 2. The van der Waals surface area contributed by atoms with Gasteiger partial charge in [-0.3, -0.25) is 4.79 Å². The number of carbonyl (C=O) groups is 2. The van der Waals surface area contributed by atoms with E-state index in [2.05, 4.69) is 5.32 Å². The minimum Gasteiger partial charge on any atom is -0.497 e. The third kappa shape index (κ3) is 3.64.